The minimum absolute atomic E-state index is 0.0347. The molecule has 0 bridgehead atoms. The molecule has 1 saturated heterocycles. The first-order valence-electron chi connectivity index (χ1n) is 9.52. The Morgan fingerprint density at radius 1 is 1.14 bits per heavy atom. The zero-order valence-electron chi connectivity index (χ0n) is 16.4. The highest BCUT2D eigenvalue weighted by atomic mass is 16.5. The summed E-state index contributed by atoms with van der Waals surface area (Å²) in [4.78, 5) is 27.2. The van der Waals surface area contributed by atoms with E-state index in [1.54, 1.807) is 12.0 Å². The van der Waals surface area contributed by atoms with E-state index in [4.69, 9.17) is 4.74 Å². The van der Waals surface area contributed by atoms with Gasteiger partial charge >= 0.3 is 6.03 Å². The number of likely N-dealkylation sites (tertiary alicyclic amines) is 1. The second-order valence-corrected chi connectivity index (χ2v) is 7.42. The Kier molecular flexibility index (Phi) is 6.19. The van der Waals surface area contributed by atoms with Crippen LogP contribution in [0.15, 0.2) is 54.6 Å². The Hall–Kier alpha value is -3.02. The Morgan fingerprint density at radius 3 is 2.68 bits per heavy atom. The van der Waals surface area contributed by atoms with Gasteiger partial charge in [-0.3, -0.25) is 4.79 Å². The van der Waals surface area contributed by atoms with E-state index in [-0.39, 0.29) is 11.9 Å². The molecule has 0 spiro atoms. The maximum atomic E-state index is 12.9. The lowest BCUT2D eigenvalue weighted by molar-refractivity contribution is -0.132. The van der Waals surface area contributed by atoms with Crippen LogP contribution in [0.4, 0.5) is 10.5 Å². The van der Waals surface area contributed by atoms with E-state index >= 15 is 0 Å². The number of anilines is 1. The molecule has 0 saturated carbocycles. The summed E-state index contributed by atoms with van der Waals surface area (Å²) in [6.07, 6.45) is 1.55. The van der Waals surface area contributed by atoms with Crippen LogP contribution in [0, 0.1) is 5.41 Å². The summed E-state index contributed by atoms with van der Waals surface area (Å²) in [5, 5.41) is 5.92. The lowest BCUT2D eigenvalue weighted by Crippen LogP contribution is -2.52. The molecule has 0 aliphatic carbocycles. The first-order valence-corrected chi connectivity index (χ1v) is 9.52. The van der Waals surface area contributed by atoms with E-state index in [1.807, 2.05) is 61.5 Å². The number of benzene rings is 2. The second kappa shape index (κ2) is 8.78. The van der Waals surface area contributed by atoms with Gasteiger partial charge in [-0.05, 0) is 49.6 Å². The summed E-state index contributed by atoms with van der Waals surface area (Å²) < 4.78 is 5.22. The molecule has 6 heteroatoms. The van der Waals surface area contributed by atoms with Crippen LogP contribution in [0.25, 0.3) is 0 Å². The number of methoxy groups -OCH3 is 1. The highest BCUT2D eigenvalue weighted by Gasteiger charge is 2.39. The topological polar surface area (TPSA) is 70.7 Å². The van der Waals surface area contributed by atoms with Crippen molar-refractivity contribution >= 4 is 17.6 Å². The van der Waals surface area contributed by atoms with Crippen molar-refractivity contribution in [3.8, 4) is 5.75 Å². The third-order valence-corrected chi connectivity index (χ3v) is 5.14. The van der Waals surface area contributed by atoms with Crippen molar-refractivity contribution in [1.82, 2.24) is 10.2 Å². The Balaban J connectivity index is 1.59. The molecule has 28 heavy (non-hydrogen) atoms. The summed E-state index contributed by atoms with van der Waals surface area (Å²) in [6.45, 7) is 3.41. The van der Waals surface area contributed by atoms with Crippen LogP contribution in [-0.2, 0) is 11.3 Å². The van der Waals surface area contributed by atoms with Gasteiger partial charge in [0, 0.05) is 25.3 Å². The molecule has 3 rings (SSSR count). The molecule has 1 fully saturated rings. The minimum atomic E-state index is -0.606. The van der Waals surface area contributed by atoms with Gasteiger partial charge in [0.25, 0.3) is 0 Å². The fourth-order valence-corrected chi connectivity index (χ4v) is 3.50. The maximum absolute atomic E-state index is 12.9. The molecular formula is C22H27N3O3. The third-order valence-electron chi connectivity index (χ3n) is 5.14. The molecule has 1 heterocycles. The summed E-state index contributed by atoms with van der Waals surface area (Å²) >= 11 is 0. The van der Waals surface area contributed by atoms with Crippen LogP contribution in [0.2, 0.25) is 0 Å². The number of nitrogens with one attached hydrogen (secondary N) is 2. The molecule has 0 radical (unpaired) electrons. The largest absolute Gasteiger partial charge is 0.497 e. The zero-order valence-corrected chi connectivity index (χ0v) is 16.4. The summed E-state index contributed by atoms with van der Waals surface area (Å²) in [6, 6.07) is 16.8. The molecule has 148 valence electrons. The number of para-hydroxylation sites is 1. The molecule has 2 N–H and O–H groups in total. The normalized spacial score (nSPS) is 19.0. The molecule has 6 nitrogen and oxygen atoms in total. The number of piperidine rings is 1. The molecular weight excluding hydrogens is 354 g/mol. The van der Waals surface area contributed by atoms with Crippen molar-refractivity contribution in [1.29, 1.82) is 0 Å². The molecule has 1 aliphatic heterocycles. The number of amides is 3. The van der Waals surface area contributed by atoms with Crippen molar-refractivity contribution in [2.75, 3.05) is 25.5 Å². The highest BCUT2D eigenvalue weighted by Crippen LogP contribution is 2.30. The number of urea groups is 1. The molecule has 0 aromatic heterocycles. The van der Waals surface area contributed by atoms with Crippen LogP contribution in [-0.4, -0.2) is 37.0 Å². The Labute approximate surface area is 165 Å². The Bertz CT molecular complexity index is 825. The zero-order chi connectivity index (χ0) is 20.0. The SMILES string of the molecule is COc1cccc(CNC(=O)[C@]2(C)CCCN(C(=O)Nc3ccccc3)C2)c1. The van der Waals surface area contributed by atoms with Gasteiger partial charge in [-0.1, -0.05) is 30.3 Å². The highest BCUT2D eigenvalue weighted by molar-refractivity contribution is 5.90. The average molecular weight is 381 g/mol. The molecule has 2 aromatic rings. The van der Waals surface area contributed by atoms with Crippen molar-refractivity contribution in [3.05, 3.63) is 60.2 Å². The smallest absolute Gasteiger partial charge is 0.321 e. The van der Waals surface area contributed by atoms with Crippen molar-refractivity contribution in [2.45, 2.75) is 26.3 Å². The van der Waals surface area contributed by atoms with Crippen molar-refractivity contribution in [3.63, 3.8) is 0 Å². The number of hydrogen-bond acceptors (Lipinski definition) is 3. The predicted octanol–water partition coefficient (Wildman–Crippen LogP) is 3.65. The number of carbonyl (C=O) groups excluding carboxylic acids is 2. The van der Waals surface area contributed by atoms with Gasteiger partial charge in [-0.15, -0.1) is 0 Å². The molecule has 3 amide bonds. The molecule has 0 unspecified atom stereocenters. The van der Waals surface area contributed by atoms with Crippen molar-refractivity contribution < 1.29 is 14.3 Å². The lowest BCUT2D eigenvalue weighted by atomic mass is 9.81. The maximum Gasteiger partial charge on any atom is 0.321 e. The van der Waals surface area contributed by atoms with Crippen LogP contribution in [0.3, 0.4) is 0 Å². The summed E-state index contributed by atoms with van der Waals surface area (Å²) in [5.41, 5.74) is 1.12. The van der Waals surface area contributed by atoms with Crippen molar-refractivity contribution in [2.24, 2.45) is 5.41 Å². The summed E-state index contributed by atoms with van der Waals surface area (Å²) in [5.74, 6) is 0.729. The average Bonchev–Trinajstić information content (AvgIpc) is 2.73. The van der Waals surface area contributed by atoms with Crippen LogP contribution in [0.1, 0.15) is 25.3 Å². The van der Waals surface area contributed by atoms with E-state index in [2.05, 4.69) is 10.6 Å². The van der Waals surface area contributed by atoms with Gasteiger partial charge in [0.05, 0.1) is 12.5 Å². The fourth-order valence-electron chi connectivity index (χ4n) is 3.50. The summed E-state index contributed by atoms with van der Waals surface area (Å²) in [7, 11) is 1.62. The molecule has 2 aromatic carbocycles. The molecule has 1 atom stereocenters. The predicted molar refractivity (Wildman–Crippen MR) is 109 cm³/mol. The van der Waals surface area contributed by atoms with Gasteiger partial charge in [0.15, 0.2) is 0 Å². The minimum Gasteiger partial charge on any atom is -0.497 e. The van der Waals surface area contributed by atoms with Gasteiger partial charge in [0.2, 0.25) is 5.91 Å². The van der Waals surface area contributed by atoms with Gasteiger partial charge < -0.3 is 20.3 Å². The van der Waals surface area contributed by atoms with E-state index in [0.29, 0.717) is 19.6 Å². The number of rotatable bonds is 5. The quantitative estimate of drug-likeness (QED) is 0.831. The third kappa shape index (κ3) is 4.82. The second-order valence-electron chi connectivity index (χ2n) is 7.42. The first kappa shape index (κ1) is 19.7. The monoisotopic (exact) mass is 381 g/mol. The lowest BCUT2D eigenvalue weighted by Gasteiger charge is -2.39. The van der Waals surface area contributed by atoms with E-state index < -0.39 is 5.41 Å². The van der Waals surface area contributed by atoms with E-state index in [0.717, 1.165) is 29.8 Å². The number of carbonyl (C=O) groups is 2. The van der Waals surface area contributed by atoms with Gasteiger partial charge in [-0.2, -0.15) is 0 Å². The fraction of sp³-hybridized carbons (Fsp3) is 0.364. The number of hydrogen-bond donors (Lipinski definition) is 2. The van der Waals surface area contributed by atoms with Crippen LogP contribution < -0.4 is 15.4 Å². The number of nitrogens with zero attached hydrogens (tertiary/aromatic N) is 1. The Morgan fingerprint density at radius 2 is 1.93 bits per heavy atom. The van der Waals surface area contributed by atoms with Crippen LogP contribution in [0.5, 0.6) is 5.75 Å². The molecule has 1 aliphatic rings. The van der Waals surface area contributed by atoms with Gasteiger partial charge in [0.1, 0.15) is 5.75 Å². The standard InChI is InChI=1S/C22H27N3O3/c1-22(20(26)23-15-17-8-6-11-19(14-17)28-2)12-7-13-25(16-22)21(27)24-18-9-4-3-5-10-18/h3-6,8-11,14H,7,12-13,15-16H2,1-2H3,(H,23,26)(H,24,27)/t22-/m1/s1. The first-order chi connectivity index (χ1) is 13.5. The van der Waals surface area contributed by atoms with E-state index in [9.17, 15) is 9.59 Å². The van der Waals surface area contributed by atoms with E-state index in [1.165, 1.54) is 0 Å². The number of ether oxygens (including phenoxy) is 1. The van der Waals surface area contributed by atoms with Crippen LogP contribution >= 0.6 is 0 Å². The van der Waals surface area contributed by atoms with Gasteiger partial charge in [-0.25, -0.2) is 4.79 Å².